The van der Waals surface area contributed by atoms with Crippen LogP contribution in [-0.4, -0.2) is 24.1 Å². The van der Waals surface area contributed by atoms with Crippen molar-refractivity contribution in [1.82, 2.24) is 9.97 Å². The van der Waals surface area contributed by atoms with E-state index in [-0.39, 0.29) is 11.7 Å². The van der Waals surface area contributed by atoms with Gasteiger partial charge in [0.2, 0.25) is 5.75 Å². The van der Waals surface area contributed by atoms with Gasteiger partial charge in [0, 0.05) is 7.05 Å². The van der Waals surface area contributed by atoms with Crippen LogP contribution in [0.1, 0.15) is 0 Å². The van der Waals surface area contributed by atoms with Gasteiger partial charge in [0.1, 0.15) is 17.9 Å². The van der Waals surface area contributed by atoms with Crippen LogP contribution < -0.4 is 14.8 Å². The van der Waals surface area contributed by atoms with Crippen molar-refractivity contribution in [2.75, 3.05) is 19.5 Å². The van der Waals surface area contributed by atoms with Gasteiger partial charge in [-0.05, 0) is 24.3 Å². The molecule has 18 heavy (non-hydrogen) atoms. The zero-order valence-corrected chi connectivity index (χ0v) is 9.98. The van der Waals surface area contributed by atoms with Gasteiger partial charge in [0.15, 0.2) is 5.82 Å². The van der Waals surface area contributed by atoms with Crippen LogP contribution in [0.2, 0.25) is 0 Å². The van der Waals surface area contributed by atoms with Gasteiger partial charge >= 0.3 is 0 Å². The predicted molar refractivity (Wildman–Crippen MR) is 64.6 cm³/mol. The molecule has 1 aromatic carbocycles. The molecular formula is C12H12FN3O2. The minimum Gasteiger partial charge on any atom is -0.489 e. The van der Waals surface area contributed by atoms with E-state index < -0.39 is 0 Å². The van der Waals surface area contributed by atoms with Crippen LogP contribution in [-0.2, 0) is 0 Å². The van der Waals surface area contributed by atoms with Gasteiger partial charge < -0.3 is 14.8 Å². The molecule has 0 unspecified atom stereocenters. The normalized spacial score (nSPS) is 9.94. The highest BCUT2D eigenvalue weighted by molar-refractivity contribution is 5.55. The second kappa shape index (κ2) is 5.31. The summed E-state index contributed by atoms with van der Waals surface area (Å²) in [6.45, 7) is 0. The fourth-order valence-corrected chi connectivity index (χ4v) is 1.41. The summed E-state index contributed by atoms with van der Waals surface area (Å²) in [5.74, 6) is 1.32. The Balaban J connectivity index is 2.31. The van der Waals surface area contributed by atoms with Crippen molar-refractivity contribution < 1.29 is 13.9 Å². The van der Waals surface area contributed by atoms with E-state index in [2.05, 4.69) is 15.3 Å². The zero-order valence-electron chi connectivity index (χ0n) is 9.98. The molecule has 0 saturated carbocycles. The molecule has 5 nitrogen and oxygen atoms in total. The lowest BCUT2D eigenvalue weighted by molar-refractivity contribution is 0.369. The van der Waals surface area contributed by atoms with Gasteiger partial charge in [0.25, 0.3) is 5.88 Å². The highest BCUT2D eigenvalue weighted by atomic mass is 19.1. The number of ether oxygens (including phenoxy) is 2. The molecule has 94 valence electrons. The Kier molecular flexibility index (Phi) is 3.57. The van der Waals surface area contributed by atoms with Crippen LogP contribution in [0.3, 0.4) is 0 Å². The fourth-order valence-electron chi connectivity index (χ4n) is 1.41. The molecule has 0 radical (unpaired) electrons. The third-order valence-corrected chi connectivity index (χ3v) is 2.24. The van der Waals surface area contributed by atoms with E-state index in [4.69, 9.17) is 9.47 Å². The summed E-state index contributed by atoms with van der Waals surface area (Å²) in [6, 6.07) is 5.63. The SMILES string of the molecule is CNc1ncnc(Oc2ccc(F)cc2)c1OC. The lowest BCUT2D eigenvalue weighted by Crippen LogP contribution is -2.00. The molecule has 1 heterocycles. The minimum absolute atomic E-state index is 0.267. The monoisotopic (exact) mass is 249 g/mol. The molecule has 0 aliphatic carbocycles. The number of anilines is 1. The molecule has 0 amide bonds. The zero-order chi connectivity index (χ0) is 13.0. The summed E-state index contributed by atoms with van der Waals surface area (Å²) < 4.78 is 23.5. The lowest BCUT2D eigenvalue weighted by Gasteiger charge is -2.11. The van der Waals surface area contributed by atoms with Crippen molar-refractivity contribution in [3.05, 3.63) is 36.4 Å². The third kappa shape index (κ3) is 2.48. The maximum Gasteiger partial charge on any atom is 0.268 e. The van der Waals surface area contributed by atoms with Gasteiger partial charge in [-0.3, -0.25) is 0 Å². The van der Waals surface area contributed by atoms with Crippen LogP contribution in [0, 0.1) is 5.82 Å². The van der Waals surface area contributed by atoms with Crippen molar-refractivity contribution in [1.29, 1.82) is 0 Å². The number of hydrogen-bond donors (Lipinski definition) is 1. The van der Waals surface area contributed by atoms with Gasteiger partial charge in [0.05, 0.1) is 7.11 Å². The number of halogens is 1. The number of aromatic nitrogens is 2. The lowest BCUT2D eigenvalue weighted by atomic mass is 10.3. The molecule has 6 heteroatoms. The average molecular weight is 249 g/mol. The first-order valence-corrected chi connectivity index (χ1v) is 5.24. The van der Waals surface area contributed by atoms with Gasteiger partial charge in [-0.25, -0.2) is 9.37 Å². The third-order valence-electron chi connectivity index (χ3n) is 2.24. The Morgan fingerprint density at radius 1 is 1.17 bits per heavy atom. The number of rotatable bonds is 4. The summed E-state index contributed by atoms with van der Waals surface area (Å²) in [5, 5.41) is 2.87. The van der Waals surface area contributed by atoms with E-state index in [1.54, 1.807) is 7.05 Å². The largest absolute Gasteiger partial charge is 0.489 e. The highest BCUT2D eigenvalue weighted by Gasteiger charge is 2.13. The van der Waals surface area contributed by atoms with Crippen molar-refractivity contribution in [2.45, 2.75) is 0 Å². The minimum atomic E-state index is -0.326. The molecule has 1 aromatic heterocycles. The van der Waals surface area contributed by atoms with Gasteiger partial charge in [-0.2, -0.15) is 4.98 Å². The van der Waals surface area contributed by atoms with E-state index in [0.29, 0.717) is 17.3 Å². The van der Waals surface area contributed by atoms with Crippen LogP contribution in [0.15, 0.2) is 30.6 Å². The summed E-state index contributed by atoms with van der Waals surface area (Å²) in [6.07, 6.45) is 1.35. The topological polar surface area (TPSA) is 56.3 Å². The van der Waals surface area contributed by atoms with E-state index >= 15 is 0 Å². The van der Waals surface area contributed by atoms with Crippen LogP contribution >= 0.6 is 0 Å². The highest BCUT2D eigenvalue weighted by Crippen LogP contribution is 2.33. The molecule has 0 aliphatic rings. The van der Waals surface area contributed by atoms with Crippen molar-refractivity contribution in [3.63, 3.8) is 0 Å². The quantitative estimate of drug-likeness (QED) is 0.902. The van der Waals surface area contributed by atoms with E-state index in [0.717, 1.165) is 0 Å². The van der Waals surface area contributed by atoms with Crippen molar-refractivity contribution in [2.24, 2.45) is 0 Å². The van der Waals surface area contributed by atoms with Crippen molar-refractivity contribution >= 4 is 5.82 Å². The summed E-state index contributed by atoms with van der Waals surface area (Å²) in [4.78, 5) is 7.98. The Morgan fingerprint density at radius 2 is 1.89 bits per heavy atom. The molecule has 0 spiro atoms. The van der Waals surface area contributed by atoms with Gasteiger partial charge in [-0.1, -0.05) is 0 Å². The molecule has 2 aromatic rings. The number of methoxy groups -OCH3 is 1. The Labute approximate surface area is 104 Å². The maximum absolute atomic E-state index is 12.8. The summed E-state index contributed by atoms with van der Waals surface area (Å²) in [5.41, 5.74) is 0. The summed E-state index contributed by atoms with van der Waals surface area (Å²) >= 11 is 0. The number of nitrogens with zero attached hydrogens (tertiary/aromatic N) is 2. The van der Waals surface area contributed by atoms with Gasteiger partial charge in [-0.15, -0.1) is 0 Å². The fraction of sp³-hybridized carbons (Fsp3) is 0.167. The Morgan fingerprint density at radius 3 is 2.50 bits per heavy atom. The number of hydrogen-bond acceptors (Lipinski definition) is 5. The molecule has 0 atom stereocenters. The molecule has 2 rings (SSSR count). The smallest absolute Gasteiger partial charge is 0.268 e. The number of nitrogens with one attached hydrogen (secondary N) is 1. The molecule has 1 N–H and O–H groups in total. The standard InChI is InChI=1S/C12H12FN3O2/c1-14-11-10(17-2)12(16-7-15-11)18-9-5-3-8(13)4-6-9/h3-7H,1-2H3,(H,14,15,16). The first kappa shape index (κ1) is 12.1. The molecule has 0 aliphatic heterocycles. The predicted octanol–water partition coefficient (Wildman–Crippen LogP) is 2.46. The average Bonchev–Trinajstić information content (AvgIpc) is 2.41. The first-order valence-electron chi connectivity index (χ1n) is 5.24. The maximum atomic E-state index is 12.8. The first-order chi connectivity index (χ1) is 8.74. The second-order valence-electron chi connectivity index (χ2n) is 3.37. The van der Waals surface area contributed by atoms with E-state index in [1.807, 2.05) is 0 Å². The van der Waals surface area contributed by atoms with Crippen LogP contribution in [0.4, 0.5) is 10.2 Å². The molecule has 0 bridgehead atoms. The van der Waals surface area contributed by atoms with Crippen LogP contribution in [0.25, 0.3) is 0 Å². The van der Waals surface area contributed by atoms with E-state index in [9.17, 15) is 4.39 Å². The molecule has 0 fully saturated rings. The van der Waals surface area contributed by atoms with Crippen LogP contribution in [0.5, 0.6) is 17.4 Å². The Bertz CT molecular complexity index is 531. The van der Waals surface area contributed by atoms with Crippen molar-refractivity contribution in [3.8, 4) is 17.4 Å². The Hall–Kier alpha value is -2.37. The second-order valence-corrected chi connectivity index (χ2v) is 3.37. The van der Waals surface area contributed by atoms with E-state index in [1.165, 1.54) is 37.7 Å². The molecule has 0 saturated heterocycles. The summed E-state index contributed by atoms with van der Waals surface area (Å²) in [7, 11) is 3.21. The number of benzene rings is 1. The molecular weight excluding hydrogens is 237 g/mol.